The summed E-state index contributed by atoms with van der Waals surface area (Å²) in [7, 11) is 0. The Kier molecular flexibility index (Phi) is 2.63. The van der Waals surface area contributed by atoms with Gasteiger partial charge in [-0.1, -0.05) is 0 Å². The number of hydrogen-bond acceptors (Lipinski definition) is 6. The van der Waals surface area contributed by atoms with E-state index >= 15 is 0 Å². The zero-order chi connectivity index (χ0) is 9.30. The molecular weight excluding hydrogens is 164 g/mol. The number of aliphatic hydroxyl groups excluding tert-OH is 4. The molecule has 4 atom stereocenters. The fourth-order valence-corrected chi connectivity index (χ4v) is 1.11. The molecule has 0 saturated carbocycles. The SMILES string of the molecule is NC1=N[C@H]([C@H](O)CO)[C@H](O)[C@@H]1O. The van der Waals surface area contributed by atoms with Gasteiger partial charge >= 0.3 is 0 Å². The maximum absolute atomic E-state index is 9.21. The van der Waals surface area contributed by atoms with Crippen molar-refractivity contribution in [2.75, 3.05) is 6.61 Å². The van der Waals surface area contributed by atoms with Crippen LogP contribution in [0.15, 0.2) is 4.99 Å². The van der Waals surface area contributed by atoms with E-state index in [0.717, 1.165) is 0 Å². The van der Waals surface area contributed by atoms with E-state index in [1.54, 1.807) is 0 Å². The van der Waals surface area contributed by atoms with Crippen LogP contribution in [0.3, 0.4) is 0 Å². The quantitative estimate of drug-likeness (QED) is 0.303. The van der Waals surface area contributed by atoms with E-state index in [4.69, 9.17) is 21.1 Å². The number of nitrogens with two attached hydrogens (primary N) is 1. The zero-order valence-corrected chi connectivity index (χ0v) is 6.33. The van der Waals surface area contributed by atoms with Crippen LogP contribution in [-0.4, -0.2) is 57.2 Å². The first-order valence-corrected chi connectivity index (χ1v) is 3.56. The molecule has 0 amide bonds. The van der Waals surface area contributed by atoms with Crippen molar-refractivity contribution >= 4 is 5.84 Å². The molecule has 12 heavy (non-hydrogen) atoms. The van der Waals surface area contributed by atoms with Crippen LogP contribution in [0.4, 0.5) is 0 Å². The van der Waals surface area contributed by atoms with E-state index in [1.807, 2.05) is 0 Å². The largest absolute Gasteiger partial charge is 0.394 e. The molecule has 0 fully saturated rings. The highest BCUT2D eigenvalue weighted by Crippen LogP contribution is 2.16. The summed E-state index contributed by atoms with van der Waals surface area (Å²) in [5.74, 6) is -0.111. The van der Waals surface area contributed by atoms with Crippen molar-refractivity contribution < 1.29 is 20.4 Å². The smallest absolute Gasteiger partial charge is 0.139 e. The van der Waals surface area contributed by atoms with Crippen molar-refractivity contribution in [2.45, 2.75) is 24.4 Å². The van der Waals surface area contributed by atoms with E-state index in [0.29, 0.717) is 0 Å². The second-order valence-electron chi connectivity index (χ2n) is 2.73. The van der Waals surface area contributed by atoms with Crippen LogP contribution in [0, 0.1) is 0 Å². The molecule has 1 heterocycles. The van der Waals surface area contributed by atoms with Gasteiger partial charge < -0.3 is 26.2 Å². The number of rotatable bonds is 2. The zero-order valence-electron chi connectivity index (χ0n) is 6.33. The fraction of sp³-hybridized carbons (Fsp3) is 0.833. The highest BCUT2D eigenvalue weighted by molar-refractivity contribution is 5.87. The van der Waals surface area contributed by atoms with Crippen LogP contribution in [0.2, 0.25) is 0 Å². The summed E-state index contributed by atoms with van der Waals surface area (Å²) in [5, 5.41) is 35.9. The summed E-state index contributed by atoms with van der Waals surface area (Å²) >= 11 is 0. The average molecular weight is 176 g/mol. The molecule has 1 rings (SSSR count). The Bertz CT molecular complexity index is 196. The monoisotopic (exact) mass is 176 g/mol. The molecule has 0 aromatic carbocycles. The van der Waals surface area contributed by atoms with Crippen LogP contribution < -0.4 is 5.73 Å². The van der Waals surface area contributed by atoms with E-state index in [2.05, 4.69) is 4.99 Å². The summed E-state index contributed by atoms with van der Waals surface area (Å²) in [6.07, 6.45) is -3.65. The predicted octanol–water partition coefficient (Wildman–Crippen LogP) is -3.20. The first-order chi connectivity index (χ1) is 5.57. The van der Waals surface area contributed by atoms with Gasteiger partial charge in [-0.3, -0.25) is 4.99 Å². The lowest BCUT2D eigenvalue weighted by Crippen LogP contribution is -2.42. The summed E-state index contributed by atoms with van der Waals surface area (Å²) < 4.78 is 0. The molecule has 0 aromatic heterocycles. The average Bonchev–Trinajstić information content (AvgIpc) is 2.32. The molecule has 6 heteroatoms. The molecule has 1 aliphatic rings. The van der Waals surface area contributed by atoms with Gasteiger partial charge in [-0.15, -0.1) is 0 Å². The maximum atomic E-state index is 9.21. The van der Waals surface area contributed by atoms with Crippen LogP contribution in [0.1, 0.15) is 0 Å². The molecule has 0 aromatic rings. The van der Waals surface area contributed by atoms with Crippen LogP contribution in [-0.2, 0) is 0 Å². The van der Waals surface area contributed by atoms with Gasteiger partial charge in [0.2, 0.25) is 0 Å². The van der Waals surface area contributed by atoms with Gasteiger partial charge in [0, 0.05) is 0 Å². The molecule has 0 unspecified atom stereocenters. The van der Waals surface area contributed by atoms with Crippen LogP contribution >= 0.6 is 0 Å². The van der Waals surface area contributed by atoms with E-state index in [-0.39, 0.29) is 5.84 Å². The standard InChI is InChI=1S/C6H12N2O4/c7-6-5(12)4(11)3(8-6)2(10)1-9/h2-5,9-12H,1H2,(H2,7,8)/t2-,3-,4+,5+/m1/s1. The molecular formula is C6H12N2O4. The number of aliphatic imine (C=N–C) groups is 1. The van der Waals surface area contributed by atoms with Crippen molar-refractivity contribution in [1.29, 1.82) is 0 Å². The molecule has 70 valence electrons. The van der Waals surface area contributed by atoms with Gasteiger partial charge in [-0.05, 0) is 0 Å². The first-order valence-electron chi connectivity index (χ1n) is 3.56. The second kappa shape index (κ2) is 3.36. The molecule has 6 N–H and O–H groups in total. The van der Waals surface area contributed by atoms with Crippen molar-refractivity contribution in [1.82, 2.24) is 0 Å². The minimum atomic E-state index is -1.24. The highest BCUT2D eigenvalue weighted by atomic mass is 16.3. The lowest BCUT2D eigenvalue weighted by atomic mass is 10.0. The van der Waals surface area contributed by atoms with Crippen molar-refractivity contribution in [3.63, 3.8) is 0 Å². The fourth-order valence-electron chi connectivity index (χ4n) is 1.11. The van der Waals surface area contributed by atoms with Gasteiger partial charge in [-0.25, -0.2) is 0 Å². The molecule has 1 aliphatic heterocycles. The molecule has 0 saturated heterocycles. The van der Waals surface area contributed by atoms with Crippen molar-refractivity contribution in [3.05, 3.63) is 0 Å². The summed E-state index contributed by atoms with van der Waals surface area (Å²) in [6, 6.07) is -0.926. The van der Waals surface area contributed by atoms with Crippen LogP contribution in [0.25, 0.3) is 0 Å². The van der Waals surface area contributed by atoms with Gasteiger partial charge in [-0.2, -0.15) is 0 Å². The third kappa shape index (κ3) is 1.42. The molecule has 0 bridgehead atoms. The number of nitrogens with zero attached hydrogens (tertiary/aromatic N) is 1. The highest BCUT2D eigenvalue weighted by Gasteiger charge is 2.38. The molecule has 0 radical (unpaired) electrons. The minimum Gasteiger partial charge on any atom is -0.394 e. The van der Waals surface area contributed by atoms with E-state index in [1.165, 1.54) is 0 Å². The molecule has 0 aliphatic carbocycles. The van der Waals surface area contributed by atoms with Crippen LogP contribution in [0.5, 0.6) is 0 Å². The van der Waals surface area contributed by atoms with Gasteiger partial charge in [0.1, 0.15) is 30.2 Å². The van der Waals surface area contributed by atoms with Gasteiger partial charge in [0.05, 0.1) is 6.61 Å². The van der Waals surface area contributed by atoms with Crippen molar-refractivity contribution in [3.8, 4) is 0 Å². The third-order valence-electron chi connectivity index (χ3n) is 1.86. The Balaban J connectivity index is 2.69. The third-order valence-corrected chi connectivity index (χ3v) is 1.86. The van der Waals surface area contributed by atoms with Crippen molar-refractivity contribution in [2.24, 2.45) is 10.7 Å². The first kappa shape index (κ1) is 9.40. The Morgan fingerprint density at radius 1 is 1.50 bits per heavy atom. The number of amidine groups is 1. The maximum Gasteiger partial charge on any atom is 0.139 e. The van der Waals surface area contributed by atoms with E-state index in [9.17, 15) is 5.11 Å². The minimum absolute atomic E-state index is 0.111. The van der Waals surface area contributed by atoms with Gasteiger partial charge in [0.15, 0.2) is 0 Å². The van der Waals surface area contributed by atoms with E-state index < -0.39 is 31.0 Å². The molecule has 6 nitrogen and oxygen atoms in total. The Morgan fingerprint density at radius 2 is 2.08 bits per heavy atom. The number of hydrogen-bond donors (Lipinski definition) is 5. The summed E-state index contributed by atoms with van der Waals surface area (Å²) in [4.78, 5) is 3.61. The lowest BCUT2D eigenvalue weighted by Gasteiger charge is -2.18. The Morgan fingerprint density at radius 3 is 2.42 bits per heavy atom. The predicted molar refractivity (Wildman–Crippen MR) is 40.5 cm³/mol. The Hall–Kier alpha value is -0.690. The second-order valence-corrected chi connectivity index (χ2v) is 2.73. The summed E-state index contributed by atoms with van der Waals surface area (Å²) in [5.41, 5.74) is 5.20. The number of aliphatic hydroxyl groups is 4. The topological polar surface area (TPSA) is 119 Å². The normalized spacial score (nSPS) is 38.0. The lowest BCUT2D eigenvalue weighted by molar-refractivity contribution is -0.00527. The molecule has 0 spiro atoms. The van der Waals surface area contributed by atoms with Gasteiger partial charge in [0.25, 0.3) is 0 Å². The summed E-state index contributed by atoms with van der Waals surface area (Å²) in [6.45, 7) is -0.523. The Labute approximate surface area is 69.0 Å².